The fraction of sp³-hybridized carbons (Fsp3) is 0.806. The quantitative estimate of drug-likeness (QED) is 0.122. The number of aryl methyl sites for hydroxylation is 1. The van der Waals surface area contributed by atoms with E-state index in [1.165, 1.54) is 114 Å². The molecule has 0 aliphatic heterocycles. The number of rotatable bonds is 17. The second kappa shape index (κ2) is 15.6. The van der Waals surface area contributed by atoms with Crippen molar-refractivity contribution in [1.29, 1.82) is 0 Å². The van der Waals surface area contributed by atoms with Crippen LogP contribution in [0.4, 0.5) is 0 Å². The highest BCUT2D eigenvalue weighted by Crippen LogP contribution is 2.60. The fourth-order valence-electron chi connectivity index (χ4n) is 8.42. The van der Waals surface area contributed by atoms with Crippen LogP contribution in [0.15, 0.2) is 18.2 Å². The molecule has 0 spiro atoms. The zero-order valence-corrected chi connectivity index (χ0v) is 25.4. The van der Waals surface area contributed by atoms with E-state index < -0.39 is 0 Å². The predicted molar refractivity (Wildman–Crippen MR) is 162 cm³/mol. The van der Waals surface area contributed by atoms with Gasteiger partial charge in [0.2, 0.25) is 0 Å². The first-order chi connectivity index (χ1) is 19.0. The van der Waals surface area contributed by atoms with Crippen molar-refractivity contribution in [2.75, 3.05) is 0 Å². The molecule has 0 saturated heterocycles. The van der Waals surface area contributed by atoms with Crippen LogP contribution in [-0.2, 0) is 11.2 Å². The topological polar surface area (TPSA) is 46.5 Å². The molecule has 3 aliphatic carbocycles. The molecule has 3 aliphatic rings. The molecule has 2 saturated carbocycles. The summed E-state index contributed by atoms with van der Waals surface area (Å²) in [7, 11) is 0. The molecule has 0 aromatic heterocycles. The Labute approximate surface area is 239 Å². The lowest BCUT2D eigenvalue weighted by Gasteiger charge is -2.50. The molecule has 4 rings (SSSR count). The lowest BCUT2D eigenvalue weighted by Crippen LogP contribution is -2.43. The first-order valence-electron chi connectivity index (χ1n) is 17.0. The minimum Gasteiger partial charge on any atom is -0.427 e. The van der Waals surface area contributed by atoms with Crippen molar-refractivity contribution in [3.63, 3.8) is 0 Å². The van der Waals surface area contributed by atoms with Crippen LogP contribution >= 0.6 is 0 Å². The van der Waals surface area contributed by atoms with Gasteiger partial charge < -0.3 is 9.84 Å². The van der Waals surface area contributed by atoms with Crippen LogP contribution in [0.3, 0.4) is 0 Å². The van der Waals surface area contributed by atoms with Crippen molar-refractivity contribution >= 4 is 5.97 Å². The molecular formula is C36H58O3. The summed E-state index contributed by atoms with van der Waals surface area (Å²) in [5, 5.41) is 10.6. The highest BCUT2D eigenvalue weighted by molar-refractivity contribution is 5.72. The van der Waals surface area contributed by atoms with E-state index in [4.69, 9.17) is 4.74 Å². The molecule has 0 amide bonds. The van der Waals surface area contributed by atoms with Crippen LogP contribution in [0.2, 0.25) is 0 Å². The van der Waals surface area contributed by atoms with E-state index in [9.17, 15) is 9.90 Å². The van der Waals surface area contributed by atoms with Gasteiger partial charge in [0.25, 0.3) is 0 Å². The largest absolute Gasteiger partial charge is 0.427 e. The Kier molecular flexibility index (Phi) is 12.2. The standard InChI is InChI=1S/C36H58O3/c1-3-4-5-6-7-8-9-10-11-12-13-14-15-16-17-18-35(38)39-29-20-22-30-28(27-29)19-21-32-31(30)25-26-36(2)33(32)23-24-34(36)37/h20,22,27,31-34,37H,3-19,21,23-26H2,1-2H3/t31-,32-,33+,34?,36+/m1/s1. The first-order valence-corrected chi connectivity index (χ1v) is 17.0. The minimum atomic E-state index is -0.115. The summed E-state index contributed by atoms with van der Waals surface area (Å²) < 4.78 is 5.76. The predicted octanol–water partition coefficient (Wildman–Crippen LogP) is 10.1. The summed E-state index contributed by atoms with van der Waals surface area (Å²) in [5.41, 5.74) is 2.99. The summed E-state index contributed by atoms with van der Waals surface area (Å²) in [4.78, 5) is 12.5. The van der Waals surface area contributed by atoms with Gasteiger partial charge in [-0.15, -0.1) is 0 Å². The Morgan fingerprint density at radius 3 is 2.10 bits per heavy atom. The molecule has 0 radical (unpaired) electrons. The number of hydrogen-bond acceptors (Lipinski definition) is 3. The van der Waals surface area contributed by atoms with Gasteiger partial charge in [-0.2, -0.15) is 0 Å². The molecule has 0 heterocycles. The molecule has 0 bridgehead atoms. The maximum absolute atomic E-state index is 12.5. The first kappa shape index (κ1) is 30.6. The SMILES string of the molecule is CCCCCCCCCCCCCCCCCC(=O)Oc1ccc2c(c1)CC[C@@H]1[C@@H]2CC[C@]2(C)C(O)CC[C@@H]12. The number of hydrogen-bond donors (Lipinski definition) is 1. The normalized spacial score (nSPS) is 27.6. The van der Waals surface area contributed by atoms with Gasteiger partial charge in [-0.25, -0.2) is 0 Å². The van der Waals surface area contributed by atoms with Crippen molar-refractivity contribution < 1.29 is 14.6 Å². The summed E-state index contributed by atoms with van der Waals surface area (Å²) in [6.07, 6.45) is 27.2. The Hall–Kier alpha value is -1.35. The van der Waals surface area contributed by atoms with Crippen molar-refractivity contribution in [2.24, 2.45) is 17.3 Å². The van der Waals surface area contributed by atoms with Gasteiger partial charge in [0, 0.05) is 6.42 Å². The van der Waals surface area contributed by atoms with Crippen LogP contribution in [-0.4, -0.2) is 17.2 Å². The summed E-state index contributed by atoms with van der Waals surface area (Å²) in [6.45, 7) is 4.62. The van der Waals surface area contributed by atoms with E-state index in [1.807, 2.05) is 6.07 Å². The molecule has 1 aromatic rings. The zero-order valence-electron chi connectivity index (χ0n) is 25.4. The fourth-order valence-corrected chi connectivity index (χ4v) is 8.42. The third kappa shape index (κ3) is 8.34. The monoisotopic (exact) mass is 538 g/mol. The number of aliphatic hydroxyl groups excluding tert-OH is 1. The third-order valence-electron chi connectivity index (χ3n) is 10.9. The molecule has 39 heavy (non-hydrogen) atoms. The molecule has 1 N–H and O–H groups in total. The van der Waals surface area contributed by atoms with Gasteiger partial charge in [0.1, 0.15) is 5.75 Å². The van der Waals surface area contributed by atoms with Crippen molar-refractivity contribution in [3.8, 4) is 5.75 Å². The molecule has 2 fully saturated rings. The van der Waals surface area contributed by atoms with Gasteiger partial charge in [0.15, 0.2) is 0 Å². The smallest absolute Gasteiger partial charge is 0.311 e. The second-order valence-electron chi connectivity index (χ2n) is 13.6. The summed E-state index contributed by atoms with van der Waals surface area (Å²) >= 11 is 0. The molecule has 5 atom stereocenters. The van der Waals surface area contributed by atoms with Crippen molar-refractivity contribution in [1.82, 2.24) is 0 Å². The van der Waals surface area contributed by atoms with E-state index in [0.29, 0.717) is 24.2 Å². The van der Waals surface area contributed by atoms with Crippen molar-refractivity contribution in [3.05, 3.63) is 29.3 Å². The average Bonchev–Trinajstić information content (AvgIpc) is 3.24. The highest BCUT2D eigenvalue weighted by Gasteiger charge is 2.54. The minimum absolute atomic E-state index is 0.0771. The lowest BCUT2D eigenvalue weighted by atomic mass is 9.55. The molecule has 1 unspecified atom stereocenters. The number of aliphatic hydroxyl groups is 1. The van der Waals surface area contributed by atoms with Gasteiger partial charge in [-0.1, -0.05) is 110 Å². The lowest BCUT2D eigenvalue weighted by molar-refractivity contribution is -0.134. The maximum Gasteiger partial charge on any atom is 0.311 e. The number of fused-ring (bicyclic) bond motifs is 5. The second-order valence-corrected chi connectivity index (χ2v) is 13.6. The molecule has 3 heteroatoms. The summed E-state index contributed by atoms with van der Waals surface area (Å²) in [5.74, 6) is 2.63. The number of carbonyl (C=O) groups excluding carboxylic acids is 1. The third-order valence-corrected chi connectivity index (χ3v) is 10.9. The van der Waals surface area contributed by atoms with Crippen LogP contribution in [0.1, 0.15) is 166 Å². The van der Waals surface area contributed by atoms with Gasteiger partial charge in [-0.3, -0.25) is 4.79 Å². The highest BCUT2D eigenvalue weighted by atomic mass is 16.5. The Morgan fingerprint density at radius 2 is 1.46 bits per heavy atom. The zero-order chi connectivity index (χ0) is 27.5. The van der Waals surface area contributed by atoms with Crippen LogP contribution in [0.5, 0.6) is 5.75 Å². The molecule has 220 valence electrons. The maximum atomic E-state index is 12.5. The molecule has 1 aromatic carbocycles. The van der Waals surface area contributed by atoms with Crippen molar-refractivity contribution in [2.45, 2.75) is 167 Å². The summed E-state index contributed by atoms with van der Waals surface area (Å²) in [6, 6.07) is 6.42. The van der Waals surface area contributed by atoms with Gasteiger partial charge in [0.05, 0.1) is 6.10 Å². The van der Waals surface area contributed by atoms with E-state index in [2.05, 4.69) is 26.0 Å². The van der Waals surface area contributed by atoms with E-state index in [1.54, 1.807) is 0 Å². The molecular weight excluding hydrogens is 480 g/mol. The Morgan fingerprint density at radius 1 is 0.846 bits per heavy atom. The number of carbonyl (C=O) groups is 1. The van der Waals surface area contributed by atoms with Crippen LogP contribution < -0.4 is 4.74 Å². The average molecular weight is 539 g/mol. The van der Waals surface area contributed by atoms with Crippen LogP contribution in [0, 0.1) is 17.3 Å². The number of esters is 1. The number of benzene rings is 1. The molecule has 3 nitrogen and oxygen atoms in total. The van der Waals surface area contributed by atoms with E-state index in [-0.39, 0.29) is 17.5 Å². The Balaban J connectivity index is 1.06. The number of ether oxygens (including phenoxy) is 1. The van der Waals surface area contributed by atoms with Gasteiger partial charge in [-0.05, 0) is 91.4 Å². The van der Waals surface area contributed by atoms with E-state index >= 15 is 0 Å². The van der Waals surface area contributed by atoms with E-state index in [0.717, 1.165) is 37.9 Å². The van der Waals surface area contributed by atoms with Gasteiger partial charge >= 0.3 is 5.97 Å². The van der Waals surface area contributed by atoms with Crippen LogP contribution in [0.25, 0.3) is 0 Å². The Bertz CT molecular complexity index is 878. The number of unbranched alkanes of at least 4 members (excludes halogenated alkanes) is 14.